The largest absolute Gasteiger partial charge is 0.355 e. The average molecular weight is 492 g/mol. The molecule has 2 aromatic rings. The van der Waals surface area contributed by atoms with Crippen molar-refractivity contribution < 1.29 is 22.4 Å². The Morgan fingerprint density at radius 3 is 2.38 bits per heavy atom. The number of likely N-dealkylation sites (N-methyl/N-ethyl adjacent to an activating group) is 1. The predicted molar refractivity (Wildman–Crippen MR) is 132 cm³/mol. The van der Waals surface area contributed by atoms with Gasteiger partial charge >= 0.3 is 0 Å². The minimum Gasteiger partial charge on any atom is -0.355 e. The van der Waals surface area contributed by atoms with Gasteiger partial charge in [-0.1, -0.05) is 48.9 Å². The second-order valence-corrected chi connectivity index (χ2v) is 10.1. The molecular weight excluding hydrogens is 457 g/mol. The second kappa shape index (κ2) is 12.5. The molecule has 1 N–H and O–H groups in total. The number of para-hydroxylation sites is 1. The molecule has 0 fully saturated rings. The van der Waals surface area contributed by atoms with Crippen molar-refractivity contribution in [2.45, 2.75) is 52.6 Å². The molecule has 0 aliphatic carbocycles. The van der Waals surface area contributed by atoms with E-state index in [0.717, 1.165) is 21.7 Å². The summed E-state index contributed by atoms with van der Waals surface area (Å²) in [7, 11) is -3.75. The van der Waals surface area contributed by atoms with Crippen molar-refractivity contribution in [1.29, 1.82) is 0 Å². The van der Waals surface area contributed by atoms with Crippen molar-refractivity contribution in [3.8, 4) is 0 Å². The van der Waals surface area contributed by atoms with Gasteiger partial charge in [0.25, 0.3) is 0 Å². The van der Waals surface area contributed by atoms with E-state index in [2.05, 4.69) is 5.32 Å². The molecule has 1 atom stereocenters. The van der Waals surface area contributed by atoms with Gasteiger partial charge in [-0.3, -0.25) is 13.9 Å². The Bertz CT molecular complexity index is 1090. The van der Waals surface area contributed by atoms with E-state index in [-0.39, 0.29) is 43.4 Å². The summed E-state index contributed by atoms with van der Waals surface area (Å²) < 4.78 is 39.8. The Kier molecular flexibility index (Phi) is 10.0. The van der Waals surface area contributed by atoms with Crippen LogP contribution >= 0.6 is 0 Å². The topological polar surface area (TPSA) is 86.8 Å². The lowest BCUT2D eigenvalue weighted by Gasteiger charge is -2.31. The van der Waals surface area contributed by atoms with Crippen LogP contribution in [0.25, 0.3) is 0 Å². The normalized spacial score (nSPS) is 12.1. The first-order valence-corrected chi connectivity index (χ1v) is 13.3. The lowest BCUT2D eigenvalue weighted by atomic mass is 10.1. The molecule has 0 spiro atoms. The van der Waals surface area contributed by atoms with E-state index in [1.54, 1.807) is 11.0 Å². The number of sulfonamides is 1. The number of anilines is 1. The van der Waals surface area contributed by atoms with Crippen LogP contribution in [0.1, 0.15) is 44.2 Å². The summed E-state index contributed by atoms with van der Waals surface area (Å²) in [6.45, 7) is 6.29. The molecule has 9 heteroatoms. The van der Waals surface area contributed by atoms with Crippen LogP contribution in [0.4, 0.5) is 10.1 Å². The van der Waals surface area contributed by atoms with Crippen molar-refractivity contribution in [1.82, 2.24) is 10.2 Å². The molecule has 2 aromatic carbocycles. The number of halogens is 1. The molecule has 0 radical (unpaired) electrons. The van der Waals surface area contributed by atoms with Crippen molar-refractivity contribution >= 4 is 27.5 Å². The number of rotatable bonds is 12. The predicted octanol–water partition coefficient (Wildman–Crippen LogP) is 3.62. The van der Waals surface area contributed by atoms with E-state index in [1.165, 1.54) is 18.2 Å². The van der Waals surface area contributed by atoms with E-state index in [0.29, 0.717) is 13.0 Å². The van der Waals surface area contributed by atoms with Gasteiger partial charge in [0.15, 0.2) is 0 Å². The van der Waals surface area contributed by atoms with E-state index in [9.17, 15) is 22.4 Å². The highest BCUT2D eigenvalue weighted by molar-refractivity contribution is 7.92. The minimum absolute atomic E-state index is 0.0161. The van der Waals surface area contributed by atoms with Crippen LogP contribution in [-0.4, -0.2) is 50.5 Å². The van der Waals surface area contributed by atoms with Gasteiger partial charge in [0.2, 0.25) is 21.8 Å². The fraction of sp³-hybridized carbons (Fsp3) is 0.440. The van der Waals surface area contributed by atoms with E-state index >= 15 is 0 Å². The van der Waals surface area contributed by atoms with Crippen LogP contribution in [0.2, 0.25) is 0 Å². The molecule has 0 aliphatic heterocycles. The zero-order valence-electron chi connectivity index (χ0n) is 20.3. The van der Waals surface area contributed by atoms with Crippen molar-refractivity contribution in [2.75, 3.05) is 23.7 Å². The Morgan fingerprint density at radius 2 is 1.79 bits per heavy atom. The smallest absolute Gasteiger partial charge is 0.242 e. The van der Waals surface area contributed by atoms with Gasteiger partial charge in [-0.15, -0.1) is 0 Å². The first-order valence-electron chi connectivity index (χ1n) is 11.4. The maximum absolute atomic E-state index is 14.2. The number of hydrogen-bond donors (Lipinski definition) is 1. The molecule has 0 saturated carbocycles. The van der Waals surface area contributed by atoms with Crippen LogP contribution in [-0.2, 0) is 26.2 Å². The molecule has 0 aromatic heterocycles. The maximum atomic E-state index is 14.2. The summed E-state index contributed by atoms with van der Waals surface area (Å²) in [5, 5.41) is 2.79. The Labute approximate surface area is 202 Å². The van der Waals surface area contributed by atoms with Gasteiger partial charge in [-0.2, -0.15) is 0 Å². The number of aryl methyl sites for hydroxylation is 1. The standard InChI is InChI=1S/C25H34FN3O4S/c1-5-22(25(31)27-6-2)28(18-20-12-9-11-19(3)17-20)24(30)15-10-16-29(34(4,32)33)23-14-8-7-13-21(23)26/h7-9,11-14,17,22H,5-6,10,15-16,18H2,1-4H3,(H,27,31). The maximum Gasteiger partial charge on any atom is 0.242 e. The van der Waals surface area contributed by atoms with Gasteiger partial charge in [0.1, 0.15) is 11.9 Å². The monoisotopic (exact) mass is 491 g/mol. The molecule has 0 aliphatic rings. The molecule has 1 unspecified atom stereocenters. The van der Waals surface area contributed by atoms with Crippen molar-refractivity contribution in [3.63, 3.8) is 0 Å². The molecule has 0 bridgehead atoms. The van der Waals surface area contributed by atoms with Gasteiger partial charge in [-0.25, -0.2) is 12.8 Å². The number of carbonyl (C=O) groups excluding carboxylic acids is 2. The number of nitrogens with one attached hydrogen (secondary N) is 1. The first-order chi connectivity index (χ1) is 16.1. The SMILES string of the molecule is CCNC(=O)C(CC)N(Cc1cccc(C)c1)C(=O)CCCN(c1ccccc1F)S(C)(=O)=O. The van der Waals surface area contributed by atoms with Gasteiger partial charge in [0, 0.05) is 26.1 Å². The van der Waals surface area contributed by atoms with Crippen LogP contribution < -0.4 is 9.62 Å². The molecule has 2 rings (SSSR count). The molecular formula is C25H34FN3O4S. The summed E-state index contributed by atoms with van der Waals surface area (Å²) in [5.41, 5.74) is 1.90. The molecule has 186 valence electrons. The first kappa shape index (κ1) is 27.3. The highest BCUT2D eigenvalue weighted by Crippen LogP contribution is 2.22. The van der Waals surface area contributed by atoms with Crippen molar-refractivity contribution in [2.24, 2.45) is 0 Å². The minimum atomic E-state index is -3.75. The van der Waals surface area contributed by atoms with E-state index in [1.807, 2.05) is 45.0 Å². The summed E-state index contributed by atoms with van der Waals surface area (Å²) >= 11 is 0. The lowest BCUT2D eigenvalue weighted by Crippen LogP contribution is -2.49. The molecule has 2 amide bonds. The van der Waals surface area contributed by atoms with Crippen LogP contribution in [0.5, 0.6) is 0 Å². The quantitative estimate of drug-likeness (QED) is 0.491. The van der Waals surface area contributed by atoms with Gasteiger partial charge in [-0.05, 0) is 44.4 Å². The summed E-state index contributed by atoms with van der Waals surface area (Å²) in [4.78, 5) is 27.5. The number of amides is 2. The third kappa shape index (κ3) is 7.55. The summed E-state index contributed by atoms with van der Waals surface area (Å²) in [5.74, 6) is -1.14. The van der Waals surface area contributed by atoms with Crippen LogP contribution in [0.3, 0.4) is 0 Å². The zero-order chi connectivity index (χ0) is 25.3. The Morgan fingerprint density at radius 1 is 1.09 bits per heavy atom. The van der Waals surface area contributed by atoms with Gasteiger partial charge < -0.3 is 10.2 Å². The molecule has 0 heterocycles. The molecule has 34 heavy (non-hydrogen) atoms. The highest BCUT2D eigenvalue weighted by Gasteiger charge is 2.28. The number of benzene rings is 2. The number of nitrogens with zero attached hydrogens (tertiary/aromatic N) is 2. The molecule has 7 nitrogen and oxygen atoms in total. The third-order valence-electron chi connectivity index (χ3n) is 5.45. The van der Waals surface area contributed by atoms with E-state index < -0.39 is 21.9 Å². The third-order valence-corrected chi connectivity index (χ3v) is 6.63. The summed E-state index contributed by atoms with van der Waals surface area (Å²) in [6.07, 6.45) is 1.64. The van der Waals surface area contributed by atoms with Crippen LogP contribution in [0, 0.1) is 12.7 Å². The van der Waals surface area contributed by atoms with Crippen molar-refractivity contribution in [3.05, 3.63) is 65.5 Å². The molecule has 0 saturated heterocycles. The van der Waals surface area contributed by atoms with Crippen LogP contribution in [0.15, 0.2) is 48.5 Å². The number of carbonyl (C=O) groups is 2. The number of hydrogen-bond acceptors (Lipinski definition) is 4. The fourth-order valence-electron chi connectivity index (χ4n) is 3.86. The second-order valence-electron chi connectivity index (χ2n) is 8.22. The van der Waals surface area contributed by atoms with Gasteiger partial charge in [0.05, 0.1) is 11.9 Å². The Balaban J connectivity index is 2.21. The van der Waals surface area contributed by atoms with E-state index in [4.69, 9.17) is 0 Å². The summed E-state index contributed by atoms with van der Waals surface area (Å²) in [6, 6.07) is 12.7. The highest BCUT2D eigenvalue weighted by atomic mass is 32.2. The Hall–Kier alpha value is -2.94. The zero-order valence-corrected chi connectivity index (χ0v) is 21.1. The fourth-order valence-corrected chi connectivity index (χ4v) is 4.82. The average Bonchev–Trinajstić information content (AvgIpc) is 2.76. The lowest BCUT2D eigenvalue weighted by molar-refractivity contribution is -0.141.